The van der Waals surface area contributed by atoms with Crippen molar-refractivity contribution in [2.75, 3.05) is 13.1 Å². The first-order valence-electron chi connectivity index (χ1n) is 11.5. The molecule has 6 heteroatoms. The van der Waals surface area contributed by atoms with Crippen molar-refractivity contribution in [1.29, 1.82) is 0 Å². The molecule has 0 atom stereocenters. The molecular weight excluding hydrogens is 410 g/mol. The first-order chi connectivity index (χ1) is 16.0. The quantitative estimate of drug-likeness (QED) is 0.492. The van der Waals surface area contributed by atoms with Gasteiger partial charge in [0, 0.05) is 30.7 Å². The molecule has 6 nitrogen and oxygen atoms in total. The Kier molecular flexibility index (Phi) is 5.68. The zero-order valence-corrected chi connectivity index (χ0v) is 19.2. The number of carbonyl (C=O) groups excluding carboxylic acids is 1. The molecule has 2 heterocycles. The summed E-state index contributed by atoms with van der Waals surface area (Å²) in [6.45, 7) is 7.54. The monoisotopic (exact) mass is 439 g/mol. The van der Waals surface area contributed by atoms with Crippen LogP contribution in [0.5, 0.6) is 0 Å². The molecule has 33 heavy (non-hydrogen) atoms. The number of fused-ring (bicyclic) bond motifs is 2. The number of carbonyl (C=O) groups is 1. The Hall–Kier alpha value is -3.51. The van der Waals surface area contributed by atoms with Crippen molar-refractivity contribution in [1.82, 2.24) is 25.2 Å². The highest BCUT2D eigenvalue weighted by atomic mass is 16.1. The number of para-hydroxylation sites is 1. The van der Waals surface area contributed by atoms with Gasteiger partial charge in [-0.05, 0) is 61.2 Å². The lowest BCUT2D eigenvalue weighted by Gasteiger charge is -2.41. The number of nitrogens with one attached hydrogen (secondary N) is 1. The fraction of sp³-hybridized carbons (Fsp3) is 0.296. The van der Waals surface area contributed by atoms with Gasteiger partial charge >= 0.3 is 0 Å². The SMILES string of the molecule is CC(C)(CNC(=O)c1ccc(Cn2nnc3ccccc32)cc1)N1CCc2ccccc2C1. The second-order valence-corrected chi connectivity index (χ2v) is 9.37. The van der Waals surface area contributed by atoms with E-state index in [9.17, 15) is 4.79 Å². The number of amides is 1. The van der Waals surface area contributed by atoms with Gasteiger partial charge in [0.25, 0.3) is 5.91 Å². The van der Waals surface area contributed by atoms with Crippen LogP contribution in [-0.2, 0) is 19.5 Å². The molecule has 1 amide bonds. The Morgan fingerprint density at radius 1 is 0.970 bits per heavy atom. The van der Waals surface area contributed by atoms with Gasteiger partial charge in [-0.3, -0.25) is 9.69 Å². The maximum atomic E-state index is 12.8. The van der Waals surface area contributed by atoms with E-state index in [1.165, 1.54) is 11.1 Å². The number of nitrogens with zero attached hydrogens (tertiary/aromatic N) is 4. The average Bonchev–Trinajstić information content (AvgIpc) is 3.25. The van der Waals surface area contributed by atoms with E-state index < -0.39 is 0 Å². The Morgan fingerprint density at radius 2 is 1.70 bits per heavy atom. The highest BCUT2D eigenvalue weighted by Crippen LogP contribution is 2.25. The minimum Gasteiger partial charge on any atom is -0.350 e. The highest BCUT2D eigenvalue weighted by molar-refractivity contribution is 5.94. The molecule has 0 unspecified atom stereocenters. The molecule has 1 N–H and O–H groups in total. The summed E-state index contributed by atoms with van der Waals surface area (Å²) in [5.74, 6) is -0.0433. The second-order valence-electron chi connectivity index (χ2n) is 9.37. The van der Waals surface area contributed by atoms with Gasteiger partial charge in [0.2, 0.25) is 0 Å². The number of aromatic nitrogens is 3. The van der Waals surface area contributed by atoms with E-state index >= 15 is 0 Å². The first-order valence-corrected chi connectivity index (χ1v) is 11.5. The van der Waals surface area contributed by atoms with Gasteiger partial charge < -0.3 is 5.32 Å². The Morgan fingerprint density at radius 3 is 2.52 bits per heavy atom. The molecule has 0 aliphatic carbocycles. The van der Waals surface area contributed by atoms with Gasteiger partial charge in [-0.25, -0.2) is 4.68 Å². The fourth-order valence-electron chi connectivity index (χ4n) is 4.49. The maximum Gasteiger partial charge on any atom is 0.251 e. The summed E-state index contributed by atoms with van der Waals surface area (Å²) in [5, 5.41) is 11.6. The molecule has 0 spiro atoms. The lowest BCUT2D eigenvalue weighted by molar-refractivity contribution is 0.0826. The van der Waals surface area contributed by atoms with Gasteiger partial charge in [-0.1, -0.05) is 53.7 Å². The Labute approximate surface area is 194 Å². The topological polar surface area (TPSA) is 63.1 Å². The summed E-state index contributed by atoms with van der Waals surface area (Å²) in [7, 11) is 0. The van der Waals surface area contributed by atoms with Gasteiger partial charge in [0.15, 0.2) is 0 Å². The van der Waals surface area contributed by atoms with Crippen LogP contribution in [0.25, 0.3) is 11.0 Å². The molecule has 0 radical (unpaired) electrons. The second kappa shape index (κ2) is 8.79. The van der Waals surface area contributed by atoms with Crippen molar-refractivity contribution >= 4 is 16.9 Å². The number of rotatable bonds is 6. The number of hydrogen-bond donors (Lipinski definition) is 1. The smallest absolute Gasteiger partial charge is 0.251 e. The summed E-state index contributed by atoms with van der Waals surface area (Å²) < 4.78 is 1.88. The predicted molar refractivity (Wildman–Crippen MR) is 130 cm³/mol. The van der Waals surface area contributed by atoms with Gasteiger partial charge in [-0.2, -0.15) is 0 Å². The summed E-state index contributed by atoms with van der Waals surface area (Å²) in [4.78, 5) is 15.3. The molecule has 0 saturated carbocycles. The normalized spacial score (nSPS) is 14.2. The molecule has 0 fully saturated rings. The minimum atomic E-state index is -0.128. The summed E-state index contributed by atoms with van der Waals surface area (Å²) in [5.41, 5.74) is 6.33. The number of hydrogen-bond acceptors (Lipinski definition) is 4. The summed E-state index contributed by atoms with van der Waals surface area (Å²) >= 11 is 0. The van der Waals surface area contributed by atoms with Crippen molar-refractivity contribution in [3.63, 3.8) is 0 Å². The molecular formula is C27H29N5O. The average molecular weight is 440 g/mol. The van der Waals surface area contributed by atoms with Gasteiger partial charge in [-0.15, -0.1) is 5.10 Å². The Bertz CT molecular complexity index is 1280. The van der Waals surface area contributed by atoms with E-state index in [-0.39, 0.29) is 11.4 Å². The third kappa shape index (κ3) is 4.52. The lowest BCUT2D eigenvalue weighted by Crippen LogP contribution is -2.53. The van der Waals surface area contributed by atoms with Crippen LogP contribution in [0.15, 0.2) is 72.8 Å². The zero-order valence-electron chi connectivity index (χ0n) is 19.2. The lowest BCUT2D eigenvalue weighted by atomic mass is 9.94. The zero-order chi connectivity index (χ0) is 22.8. The molecule has 3 aromatic carbocycles. The van der Waals surface area contributed by atoms with Crippen LogP contribution in [0.3, 0.4) is 0 Å². The molecule has 4 aromatic rings. The number of benzene rings is 3. The van der Waals surface area contributed by atoms with Crippen LogP contribution >= 0.6 is 0 Å². The fourth-order valence-corrected chi connectivity index (χ4v) is 4.49. The molecule has 1 aliphatic heterocycles. The van der Waals surface area contributed by atoms with E-state index in [4.69, 9.17) is 0 Å². The van der Waals surface area contributed by atoms with Crippen LogP contribution < -0.4 is 5.32 Å². The van der Waals surface area contributed by atoms with E-state index in [0.29, 0.717) is 18.7 Å². The molecule has 0 saturated heterocycles. The van der Waals surface area contributed by atoms with E-state index in [1.807, 2.05) is 53.2 Å². The van der Waals surface area contributed by atoms with Crippen LogP contribution in [0.2, 0.25) is 0 Å². The van der Waals surface area contributed by atoms with Crippen LogP contribution in [0.1, 0.15) is 40.9 Å². The van der Waals surface area contributed by atoms with E-state index in [2.05, 4.69) is 58.6 Å². The molecule has 1 aliphatic rings. The summed E-state index contributed by atoms with van der Waals surface area (Å²) in [6, 6.07) is 24.3. The van der Waals surface area contributed by atoms with Crippen molar-refractivity contribution in [3.8, 4) is 0 Å². The largest absolute Gasteiger partial charge is 0.350 e. The highest BCUT2D eigenvalue weighted by Gasteiger charge is 2.30. The molecule has 5 rings (SSSR count). The summed E-state index contributed by atoms with van der Waals surface area (Å²) in [6.07, 6.45) is 1.05. The minimum absolute atomic E-state index is 0.0433. The van der Waals surface area contributed by atoms with Crippen LogP contribution in [0.4, 0.5) is 0 Å². The van der Waals surface area contributed by atoms with Crippen LogP contribution in [0, 0.1) is 0 Å². The standard InChI is InChI=1S/C27H29N5O/c1-27(2,31-16-15-21-7-3-4-8-23(21)18-31)19-28-26(33)22-13-11-20(12-14-22)17-32-25-10-6-5-9-24(25)29-30-32/h3-14H,15-19H2,1-2H3,(H,28,33). The first kappa shape index (κ1) is 21.3. The van der Waals surface area contributed by atoms with Crippen LogP contribution in [-0.4, -0.2) is 44.4 Å². The Balaban J connectivity index is 1.19. The van der Waals surface area contributed by atoms with Crippen molar-refractivity contribution < 1.29 is 4.79 Å². The molecule has 0 bridgehead atoms. The third-order valence-electron chi connectivity index (χ3n) is 6.64. The van der Waals surface area contributed by atoms with Crippen molar-refractivity contribution in [2.24, 2.45) is 0 Å². The maximum absolute atomic E-state index is 12.8. The van der Waals surface area contributed by atoms with Crippen molar-refractivity contribution in [3.05, 3.63) is 95.1 Å². The van der Waals surface area contributed by atoms with E-state index in [0.717, 1.165) is 36.1 Å². The van der Waals surface area contributed by atoms with Gasteiger partial charge in [0.05, 0.1) is 12.1 Å². The molecule has 168 valence electrons. The predicted octanol–water partition coefficient (Wildman–Crippen LogP) is 4.05. The van der Waals surface area contributed by atoms with Crippen molar-refractivity contribution in [2.45, 2.75) is 38.9 Å². The van der Waals surface area contributed by atoms with E-state index in [1.54, 1.807) is 0 Å². The third-order valence-corrected chi connectivity index (χ3v) is 6.64. The van der Waals surface area contributed by atoms with Gasteiger partial charge in [0.1, 0.15) is 5.52 Å². The molecule has 1 aromatic heterocycles.